The zero-order valence-corrected chi connectivity index (χ0v) is 45.6. The molecule has 2 aliphatic heterocycles. The van der Waals surface area contributed by atoms with E-state index in [1.54, 1.807) is 4.90 Å². The molecule has 0 radical (unpaired) electrons. The number of ether oxygens (including phenoxy) is 1. The summed E-state index contributed by atoms with van der Waals surface area (Å²) in [5.74, 6) is 0.777. The molecular formula is C64H63ClFN9O2. The van der Waals surface area contributed by atoms with E-state index in [4.69, 9.17) is 36.4 Å². The zero-order valence-electron chi connectivity index (χ0n) is 44.8. The van der Waals surface area contributed by atoms with E-state index in [2.05, 4.69) is 119 Å². The summed E-state index contributed by atoms with van der Waals surface area (Å²) in [6.45, 7) is 13.8. The van der Waals surface area contributed by atoms with Crippen LogP contribution in [0.4, 0.5) is 26.8 Å². The molecule has 0 N–H and O–H groups in total. The molecule has 0 saturated carbocycles. The van der Waals surface area contributed by atoms with Crippen LogP contribution in [0.5, 0.6) is 0 Å². The van der Waals surface area contributed by atoms with Gasteiger partial charge >= 0.3 is 6.09 Å². The van der Waals surface area contributed by atoms with E-state index in [1.807, 2.05) is 126 Å². The highest BCUT2D eigenvalue weighted by Crippen LogP contribution is 2.49. The molecule has 0 unspecified atom stereocenters. The summed E-state index contributed by atoms with van der Waals surface area (Å²) in [6, 6.07) is 57.1. The maximum Gasteiger partial charge on any atom is 0.410 e. The fourth-order valence-corrected chi connectivity index (χ4v) is 11.4. The Bertz CT molecular complexity index is 3500. The third-order valence-electron chi connectivity index (χ3n) is 15.1. The fraction of sp³-hybridized carbons (Fsp3) is 0.266. The monoisotopic (exact) mass is 1040 g/mol. The van der Waals surface area contributed by atoms with Crippen LogP contribution in [0.1, 0.15) is 68.0 Å². The molecule has 13 heteroatoms. The number of halogens is 2. The molecule has 77 heavy (non-hydrogen) atoms. The van der Waals surface area contributed by atoms with Gasteiger partial charge in [0.2, 0.25) is 5.95 Å². The van der Waals surface area contributed by atoms with Crippen LogP contribution >= 0.6 is 11.6 Å². The van der Waals surface area contributed by atoms with Crippen LogP contribution in [0.25, 0.3) is 32.9 Å². The highest BCUT2D eigenvalue weighted by molar-refractivity contribution is 6.35. The number of amides is 1. The number of nitrogens with zero attached hydrogens (tertiary/aromatic N) is 9. The van der Waals surface area contributed by atoms with Gasteiger partial charge in [0.15, 0.2) is 11.6 Å². The number of likely N-dealkylation sites (N-methyl/N-ethyl adjacent to an activating group) is 1. The van der Waals surface area contributed by atoms with Crippen molar-refractivity contribution in [2.24, 2.45) is 4.99 Å². The summed E-state index contributed by atoms with van der Waals surface area (Å²) in [4.78, 5) is 37.8. The smallest absolute Gasteiger partial charge is 0.410 e. The van der Waals surface area contributed by atoms with Crippen LogP contribution in [0.2, 0.25) is 5.02 Å². The molecule has 2 aromatic heterocycles. The number of piperazine rings is 1. The minimum absolute atomic E-state index is 0.141. The molecule has 0 bridgehead atoms. The Balaban J connectivity index is 1.21. The lowest BCUT2D eigenvalue weighted by molar-refractivity contribution is 0.0130. The van der Waals surface area contributed by atoms with E-state index in [-0.39, 0.29) is 40.3 Å². The molecule has 7 aromatic carbocycles. The van der Waals surface area contributed by atoms with Crippen molar-refractivity contribution in [1.29, 1.82) is 0 Å². The normalized spacial score (nSPS) is 16.3. The van der Waals surface area contributed by atoms with E-state index in [0.717, 1.165) is 33.4 Å². The fourth-order valence-electron chi connectivity index (χ4n) is 11.2. The van der Waals surface area contributed by atoms with Crippen LogP contribution < -0.4 is 9.80 Å². The van der Waals surface area contributed by atoms with E-state index in [0.29, 0.717) is 71.3 Å². The molecule has 1 amide bonds. The van der Waals surface area contributed by atoms with E-state index in [9.17, 15) is 4.79 Å². The van der Waals surface area contributed by atoms with Crippen molar-refractivity contribution in [3.8, 4) is 11.1 Å². The number of benzene rings is 7. The maximum atomic E-state index is 18.9. The Morgan fingerprint density at radius 1 is 0.701 bits per heavy atom. The van der Waals surface area contributed by atoms with Crippen molar-refractivity contribution in [2.75, 3.05) is 50.1 Å². The number of rotatable bonds is 11. The summed E-state index contributed by atoms with van der Waals surface area (Å²) >= 11 is 7.68. The van der Waals surface area contributed by atoms with Gasteiger partial charge in [0.05, 0.1) is 21.6 Å². The predicted octanol–water partition coefficient (Wildman–Crippen LogP) is 13.3. The molecule has 4 heterocycles. The maximum absolute atomic E-state index is 18.9. The van der Waals surface area contributed by atoms with Crippen LogP contribution in [-0.4, -0.2) is 105 Å². The van der Waals surface area contributed by atoms with Crippen molar-refractivity contribution in [2.45, 2.75) is 70.8 Å². The van der Waals surface area contributed by atoms with Gasteiger partial charge in [-0.2, -0.15) is 10.1 Å². The number of fused-ring (bicyclic) bond motifs is 2. The van der Waals surface area contributed by atoms with Gasteiger partial charge in [-0.25, -0.2) is 23.8 Å². The van der Waals surface area contributed by atoms with Crippen LogP contribution in [0, 0.1) is 12.7 Å². The van der Waals surface area contributed by atoms with Crippen molar-refractivity contribution < 1.29 is 13.9 Å². The van der Waals surface area contributed by atoms with Crippen LogP contribution in [0.3, 0.4) is 0 Å². The standard InChI is InChI=1S/C64H63ClFN9O2/c1-41-34-35-52-55(53(41)54-51(65)36-50-58(56(54)66)68-61(72-39-49(40-72)71(7)8)69-60(50)73-37-43(3)74(38-42(73)2)62(76)77-63(4,5)6)59(67-57(44-24-14-9-15-25-44)45-26-16-10-17-27-45)70-75(52)64(46-28-18-11-19-29-46,47-30-20-12-21-31-47)48-32-22-13-23-33-48/h9-36,42-43,49H,37-40H2,1-8H3/t42-,43+/m0/s1. The molecule has 2 aliphatic rings. The second-order valence-electron chi connectivity index (χ2n) is 21.7. The Hall–Kier alpha value is -7.93. The first-order valence-corrected chi connectivity index (χ1v) is 26.8. The first kappa shape index (κ1) is 51.2. The number of carbonyl (C=O) groups is 1. The highest BCUT2D eigenvalue weighted by Gasteiger charge is 2.43. The third-order valence-corrected chi connectivity index (χ3v) is 15.4. The van der Waals surface area contributed by atoms with Gasteiger partial charge in [0.25, 0.3) is 0 Å². The summed E-state index contributed by atoms with van der Waals surface area (Å²) in [5.41, 5.74) is 6.02. The Kier molecular flexibility index (Phi) is 13.7. The summed E-state index contributed by atoms with van der Waals surface area (Å²) in [5, 5.41) is 6.99. The van der Waals surface area contributed by atoms with Crippen LogP contribution in [0.15, 0.2) is 175 Å². The van der Waals surface area contributed by atoms with Crippen molar-refractivity contribution in [1.82, 2.24) is 29.5 Å². The van der Waals surface area contributed by atoms with Crippen molar-refractivity contribution >= 4 is 62.8 Å². The summed E-state index contributed by atoms with van der Waals surface area (Å²) in [6.07, 6.45) is -0.372. The van der Waals surface area contributed by atoms with Gasteiger partial charge in [-0.15, -0.1) is 0 Å². The minimum atomic E-state index is -1.06. The average Bonchev–Trinajstić information content (AvgIpc) is 4.08. The predicted molar refractivity (Wildman–Crippen MR) is 310 cm³/mol. The Morgan fingerprint density at radius 3 is 1.75 bits per heavy atom. The number of aliphatic imine (C=N–C) groups is 1. The lowest BCUT2D eigenvalue weighted by atomic mass is 9.77. The quantitative estimate of drug-likeness (QED) is 0.0934. The number of anilines is 2. The average molecular weight is 1040 g/mol. The second kappa shape index (κ2) is 20.5. The first-order valence-electron chi connectivity index (χ1n) is 26.4. The molecule has 2 atom stereocenters. The van der Waals surface area contributed by atoms with Crippen LogP contribution in [-0.2, 0) is 10.3 Å². The Labute approximate surface area is 455 Å². The van der Waals surface area contributed by atoms with Crippen molar-refractivity contribution in [3.05, 3.63) is 214 Å². The third kappa shape index (κ3) is 9.37. The molecule has 390 valence electrons. The number of aromatic nitrogens is 4. The molecule has 2 fully saturated rings. The van der Waals surface area contributed by atoms with Gasteiger partial charge in [-0.3, -0.25) is 0 Å². The molecule has 2 saturated heterocycles. The molecular weight excluding hydrogens is 981 g/mol. The largest absolute Gasteiger partial charge is 0.444 e. The molecule has 9 aromatic rings. The molecule has 11 nitrogen and oxygen atoms in total. The Morgan fingerprint density at radius 2 is 1.23 bits per heavy atom. The zero-order chi connectivity index (χ0) is 53.8. The summed E-state index contributed by atoms with van der Waals surface area (Å²) < 4.78 is 26.9. The van der Waals surface area contributed by atoms with E-state index >= 15 is 4.39 Å². The lowest BCUT2D eigenvalue weighted by Crippen LogP contribution is -2.59. The van der Waals surface area contributed by atoms with E-state index in [1.165, 1.54) is 0 Å². The number of carbonyl (C=O) groups excluding carboxylic acids is 1. The number of hydrogen-bond acceptors (Lipinski definition) is 9. The molecule has 0 spiro atoms. The van der Waals surface area contributed by atoms with Crippen molar-refractivity contribution in [3.63, 3.8) is 0 Å². The second-order valence-corrected chi connectivity index (χ2v) is 22.1. The van der Waals surface area contributed by atoms with Gasteiger partial charge in [-0.1, -0.05) is 169 Å². The summed E-state index contributed by atoms with van der Waals surface area (Å²) in [7, 11) is 4.12. The molecule has 11 rings (SSSR count). The van der Waals surface area contributed by atoms with Gasteiger partial charge < -0.3 is 24.3 Å². The molecule has 0 aliphatic carbocycles. The number of aryl methyl sites for hydroxylation is 1. The lowest BCUT2D eigenvalue weighted by Gasteiger charge is -2.46. The van der Waals surface area contributed by atoms with Gasteiger partial charge in [0.1, 0.15) is 22.5 Å². The van der Waals surface area contributed by atoms with Gasteiger partial charge in [-0.05, 0) is 90.0 Å². The topological polar surface area (TPSA) is 95.2 Å². The minimum Gasteiger partial charge on any atom is -0.444 e. The number of hydrogen-bond donors (Lipinski definition) is 0. The SMILES string of the molecule is Cc1ccc2c(c(N=C(c3ccccc3)c3ccccc3)nn2C(c2ccccc2)(c2ccccc2)c2ccccc2)c1-c1c(Cl)cc2c(N3C[C@@H](C)N(C(=O)OC(C)(C)C)C[C@@H]3C)nc(N3CC(N(C)C)C3)nc2c1F. The van der Waals surface area contributed by atoms with E-state index < -0.39 is 17.0 Å². The van der Waals surface area contributed by atoms with Gasteiger partial charge in [0, 0.05) is 71.9 Å². The first-order chi connectivity index (χ1) is 37.1. The highest BCUT2D eigenvalue weighted by atomic mass is 35.5.